The van der Waals surface area contributed by atoms with E-state index < -0.39 is 0 Å². The summed E-state index contributed by atoms with van der Waals surface area (Å²) in [7, 11) is 0. The minimum absolute atomic E-state index is 0.489. The summed E-state index contributed by atoms with van der Waals surface area (Å²) in [5.74, 6) is 1.13. The molecular weight excluding hydrogens is 346 g/mol. The maximum atomic E-state index is 5.93. The van der Waals surface area contributed by atoms with Crippen LogP contribution in [0, 0.1) is 12.8 Å². The van der Waals surface area contributed by atoms with Crippen molar-refractivity contribution in [2.45, 2.75) is 13.3 Å². The van der Waals surface area contributed by atoms with Crippen molar-refractivity contribution in [3.8, 4) is 5.88 Å². The van der Waals surface area contributed by atoms with E-state index in [9.17, 15) is 0 Å². The van der Waals surface area contributed by atoms with E-state index in [1.807, 2.05) is 18.3 Å². The molecule has 0 bridgehead atoms. The van der Waals surface area contributed by atoms with E-state index in [4.69, 9.17) is 9.72 Å². The third kappa shape index (κ3) is 2.78. The second kappa shape index (κ2) is 6.25. The molecule has 0 radical (unpaired) electrons. The van der Waals surface area contributed by atoms with Crippen molar-refractivity contribution in [1.82, 2.24) is 19.6 Å². The molecule has 4 aromatic rings. The molecule has 5 rings (SSSR count). The van der Waals surface area contributed by atoms with E-state index in [2.05, 4.69) is 40.1 Å². The average Bonchev–Trinajstić information content (AvgIpc) is 3.38. The van der Waals surface area contributed by atoms with Crippen molar-refractivity contribution in [3.05, 3.63) is 48.3 Å². The molecule has 1 atom stereocenters. The highest BCUT2D eigenvalue weighted by Gasteiger charge is 2.25. The lowest BCUT2D eigenvalue weighted by Crippen LogP contribution is -2.21. The van der Waals surface area contributed by atoms with Gasteiger partial charge in [-0.1, -0.05) is 23.5 Å². The Balaban J connectivity index is 1.25. The van der Waals surface area contributed by atoms with Gasteiger partial charge in [0.25, 0.3) is 0 Å². The predicted octanol–water partition coefficient (Wildman–Crippen LogP) is 3.55. The van der Waals surface area contributed by atoms with Crippen molar-refractivity contribution in [3.63, 3.8) is 0 Å². The highest BCUT2D eigenvalue weighted by Crippen LogP contribution is 2.33. The van der Waals surface area contributed by atoms with Gasteiger partial charge in [-0.15, -0.1) is 5.10 Å². The van der Waals surface area contributed by atoms with E-state index in [-0.39, 0.29) is 0 Å². The Morgan fingerprint density at radius 1 is 1.27 bits per heavy atom. The molecule has 1 aliphatic rings. The Morgan fingerprint density at radius 2 is 2.23 bits per heavy atom. The van der Waals surface area contributed by atoms with Gasteiger partial charge in [-0.05, 0) is 31.0 Å². The van der Waals surface area contributed by atoms with Gasteiger partial charge in [-0.3, -0.25) is 0 Å². The van der Waals surface area contributed by atoms with Gasteiger partial charge in [0, 0.05) is 37.5 Å². The number of aromatic nitrogens is 4. The van der Waals surface area contributed by atoms with Crippen LogP contribution in [0.2, 0.25) is 0 Å². The topological polar surface area (TPSA) is 55.5 Å². The third-order valence-corrected chi connectivity index (χ3v) is 5.94. The minimum Gasteiger partial charge on any atom is -0.476 e. The second-order valence-corrected chi connectivity index (χ2v) is 7.74. The molecule has 0 saturated carbocycles. The molecule has 132 valence electrons. The number of nitrogens with zero attached hydrogens (tertiary/aromatic N) is 5. The number of thiazole rings is 1. The van der Waals surface area contributed by atoms with E-state index in [0.717, 1.165) is 35.8 Å². The first-order valence-corrected chi connectivity index (χ1v) is 9.62. The van der Waals surface area contributed by atoms with Crippen LogP contribution in [0.25, 0.3) is 15.9 Å². The molecule has 3 aromatic heterocycles. The Bertz CT molecular complexity index is 1070. The minimum atomic E-state index is 0.489. The summed E-state index contributed by atoms with van der Waals surface area (Å²) in [6.45, 7) is 4.80. The summed E-state index contributed by atoms with van der Waals surface area (Å²) in [4.78, 5) is 11.4. The lowest BCUT2D eigenvalue weighted by Gasteiger charge is -2.15. The summed E-state index contributed by atoms with van der Waals surface area (Å²) in [6.07, 6.45) is 4.68. The molecule has 26 heavy (non-hydrogen) atoms. The molecule has 0 aliphatic carbocycles. The number of rotatable bonds is 4. The fourth-order valence-corrected chi connectivity index (χ4v) is 4.51. The molecule has 1 aliphatic heterocycles. The average molecular weight is 365 g/mol. The van der Waals surface area contributed by atoms with Gasteiger partial charge in [0.15, 0.2) is 10.8 Å². The van der Waals surface area contributed by atoms with E-state index in [1.165, 1.54) is 10.3 Å². The number of anilines is 1. The monoisotopic (exact) mass is 365 g/mol. The van der Waals surface area contributed by atoms with Gasteiger partial charge in [-0.2, -0.15) is 0 Å². The number of para-hydroxylation sites is 1. The van der Waals surface area contributed by atoms with Gasteiger partial charge in [0.1, 0.15) is 0 Å². The second-order valence-electron chi connectivity index (χ2n) is 6.73. The maximum Gasteiger partial charge on any atom is 0.231 e. The fourth-order valence-electron chi connectivity index (χ4n) is 3.43. The maximum absolute atomic E-state index is 5.93. The van der Waals surface area contributed by atoms with E-state index in [1.54, 1.807) is 22.0 Å². The van der Waals surface area contributed by atoms with Crippen LogP contribution in [0.3, 0.4) is 0 Å². The van der Waals surface area contributed by atoms with Crippen molar-refractivity contribution in [2.75, 3.05) is 24.6 Å². The molecule has 1 saturated heterocycles. The summed E-state index contributed by atoms with van der Waals surface area (Å²) < 4.78 is 8.92. The molecule has 0 N–H and O–H groups in total. The number of aryl methyl sites for hydroxylation is 1. The van der Waals surface area contributed by atoms with Crippen LogP contribution in [0.1, 0.15) is 12.0 Å². The standard InChI is InChI=1S/C19H19N5OS/c1-13-3-2-4-15-18(13)21-19(26-15)23-9-7-14(11-23)12-25-17-6-5-16-20-8-10-24(16)22-17/h2-6,8,10,14H,7,9,11-12H2,1H3. The Labute approximate surface area is 155 Å². The van der Waals surface area contributed by atoms with Crippen molar-refractivity contribution in [2.24, 2.45) is 5.92 Å². The zero-order chi connectivity index (χ0) is 17.5. The largest absolute Gasteiger partial charge is 0.476 e. The lowest BCUT2D eigenvalue weighted by molar-refractivity contribution is 0.249. The van der Waals surface area contributed by atoms with E-state index in [0.29, 0.717) is 18.4 Å². The number of ether oxygens (including phenoxy) is 1. The number of imidazole rings is 1. The molecule has 4 heterocycles. The zero-order valence-electron chi connectivity index (χ0n) is 14.5. The molecule has 1 fully saturated rings. The first-order valence-electron chi connectivity index (χ1n) is 8.80. The first-order chi connectivity index (χ1) is 12.8. The highest BCUT2D eigenvalue weighted by atomic mass is 32.1. The SMILES string of the molecule is Cc1cccc2sc(N3CCC(COc4ccc5nccn5n4)C3)nc12. The van der Waals surface area contributed by atoms with Crippen LogP contribution in [0.15, 0.2) is 42.7 Å². The number of hydrogen-bond acceptors (Lipinski definition) is 6. The zero-order valence-corrected chi connectivity index (χ0v) is 15.3. The summed E-state index contributed by atoms with van der Waals surface area (Å²) in [5.41, 5.74) is 3.20. The van der Waals surface area contributed by atoms with Crippen molar-refractivity contribution < 1.29 is 4.74 Å². The van der Waals surface area contributed by atoms with Crippen molar-refractivity contribution >= 4 is 32.3 Å². The lowest BCUT2D eigenvalue weighted by atomic mass is 10.1. The number of benzene rings is 1. The molecule has 1 unspecified atom stereocenters. The van der Waals surface area contributed by atoms with E-state index >= 15 is 0 Å². The number of fused-ring (bicyclic) bond motifs is 2. The van der Waals surface area contributed by atoms with Crippen LogP contribution >= 0.6 is 11.3 Å². The van der Waals surface area contributed by atoms with Gasteiger partial charge < -0.3 is 9.64 Å². The Hall–Kier alpha value is -2.67. The summed E-state index contributed by atoms with van der Waals surface area (Å²) >= 11 is 1.78. The first kappa shape index (κ1) is 15.6. The van der Waals surface area contributed by atoms with Crippen LogP contribution < -0.4 is 9.64 Å². The van der Waals surface area contributed by atoms with Crippen LogP contribution in [-0.2, 0) is 0 Å². The van der Waals surface area contributed by atoms with Gasteiger partial charge in [0.05, 0.1) is 16.8 Å². The Kier molecular flexibility index (Phi) is 3.74. The van der Waals surface area contributed by atoms with Crippen LogP contribution in [0.5, 0.6) is 5.88 Å². The van der Waals surface area contributed by atoms with Gasteiger partial charge in [-0.25, -0.2) is 14.5 Å². The van der Waals surface area contributed by atoms with Crippen molar-refractivity contribution in [1.29, 1.82) is 0 Å². The molecule has 7 heteroatoms. The van der Waals surface area contributed by atoms with Gasteiger partial charge in [0.2, 0.25) is 5.88 Å². The molecule has 1 aromatic carbocycles. The quantitative estimate of drug-likeness (QED) is 0.553. The molecule has 0 spiro atoms. The normalized spacial score (nSPS) is 17.4. The fraction of sp³-hybridized carbons (Fsp3) is 0.316. The smallest absolute Gasteiger partial charge is 0.231 e. The summed E-state index contributed by atoms with van der Waals surface area (Å²) in [5, 5.41) is 5.54. The predicted molar refractivity (Wildman–Crippen MR) is 103 cm³/mol. The van der Waals surface area contributed by atoms with Gasteiger partial charge >= 0.3 is 0 Å². The third-order valence-electron chi connectivity index (χ3n) is 4.86. The van der Waals surface area contributed by atoms with Crippen LogP contribution in [-0.4, -0.2) is 39.3 Å². The summed E-state index contributed by atoms with van der Waals surface area (Å²) in [6, 6.07) is 10.2. The Morgan fingerprint density at radius 3 is 3.15 bits per heavy atom. The molecular formula is C19H19N5OS. The molecule has 0 amide bonds. The van der Waals surface area contributed by atoms with Crippen LogP contribution in [0.4, 0.5) is 5.13 Å². The molecule has 6 nitrogen and oxygen atoms in total. The highest BCUT2D eigenvalue weighted by molar-refractivity contribution is 7.22. The number of hydrogen-bond donors (Lipinski definition) is 0.